The van der Waals surface area contributed by atoms with Gasteiger partial charge >= 0.3 is 5.97 Å². The van der Waals surface area contributed by atoms with Crippen molar-refractivity contribution < 1.29 is 14.3 Å². The van der Waals surface area contributed by atoms with Crippen molar-refractivity contribution in [3.8, 4) is 5.75 Å². The first-order valence-corrected chi connectivity index (χ1v) is 10.3. The van der Waals surface area contributed by atoms with Crippen LogP contribution in [0.25, 0.3) is 0 Å². The lowest BCUT2D eigenvalue weighted by atomic mass is 10.2. The third kappa shape index (κ3) is 5.41. The van der Waals surface area contributed by atoms with E-state index in [2.05, 4.69) is 31.4 Å². The largest absolute Gasteiger partial charge is 0.495 e. The van der Waals surface area contributed by atoms with Gasteiger partial charge in [0.2, 0.25) is 5.84 Å². The van der Waals surface area contributed by atoms with Crippen LogP contribution in [-0.2, 0) is 9.53 Å². The van der Waals surface area contributed by atoms with Crippen molar-refractivity contribution in [2.24, 2.45) is 5.10 Å². The van der Waals surface area contributed by atoms with Gasteiger partial charge in [0.25, 0.3) is 0 Å². The number of esters is 1. The number of para-hydroxylation sites is 2. The normalized spacial score (nSPS) is 14.5. The Bertz CT molecular complexity index is 849. The van der Waals surface area contributed by atoms with Crippen LogP contribution in [0.3, 0.4) is 0 Å². The van der Waals surface area contributed by atoms with Gasteiger partial charge in [-0.3, -0.25) is 5.43 Å². The molecule has 0 aromatic heterocycles. The molecule has 0 atom stereocenters. The van der Waals surface area contributed by atoms with Gasteiger partial charge in [-0.05, 0) is 43.3 Å². The van der Waals surface area contributed by atoms with Crippen molar-refractivity contribution in [1.82, 2.24) is 4.90 Å². The summed E-state index contributed by atoms with van der Waals surface area (Å²) in [7, 11) is 1.67. The average Bonchev–Trinajstić information content (AvgIpc) is 2.76. The standard InChI is InChI=1S/C21H25BrN4O3/c1-3-29-21(27)20(24-23-17-10-8-16(22)9-11-17)26-14-12-25(13-15-26)18-6-4-5-7-19(18)28-2/h4-11,23H,3,12-15H2,1-2H3/b24-20-. The predicted molar refractivity (Wildman–Crippen MR) is 119 cm³/mol. The molecule has 8 heteroatoms. The van der Waals surface area contributed by atoms with Crippen molar-refractivity contribution in [3.63, 3.8) is 0 Å². The fourth-order valence-corrected chi connectivity index (χ4v) is 3.40. The molecule has 0 unspecified atom stereocenters. The maximum Gasteiger partial charge on any atom is 0.375 e. The summed E-state index contributed by atoms with van der Waals surface area (Å²) in [5, 5.41) is 4.36. The number of halogens is 1. The zero-order chi connectivity index (χ0) is 20.6. The summed E-state index contributed by atoms with van der Waals surface area (Å²) < 4.78 is 11.7. The van der Waals surface area contributed by atoms with Gasteiger partial charge in [0.15, 0.2) is 0 Å². The Hall–Kier alpha value is -2.74. The van der Waals surface area contributed by atoms with Crippen LogP contribution in [0, 0.1) is 0 Å². The first-order chi connectivity index (χ1) is 14.1. The summed E-state index contributed by atoms with van der Waals surface area (Å²) in [6.07, 6.45) is 0. The molecule has 0 amide bonds. The molecule has 0 radical (unpaired) electrons. The average molecular weight is 461 g/mol. The highest BCUT2D eigenvalue weighted by atomic mass is 79.9. The van der Waals surface area contributed by atoms with E-state index in [1.54, 1.807) is 14.0 Å². The Morgan fingerprint density at radius 3 is 2.45 bits per heavy atom. The molecule has 0 bridgehead atoms. The molecule has 3 rings (SSSR count). The number of rotatable bonds is 5. The van der Waals surface area contributed by atoms with Crippen LogP contribution >= 0.6 is 15.9 Å². The highest BCUT2D eigenvalue weighted by molar-refractivity contribution is 9.10. The van der Waals surface area contributed by atoms with Gasteiger partial charge in [-0.1, -0.05) is 28.1 Å². The number of nitrogens with zero attached hydrogens (tertiary/aromatic N) is 3. The first-order valence-electron chi connectivity index (χ1n) is 9.51. The molecule has 0 saturated carbocycles. The van der Waals surface area contributed by atoms with Crippen molar-refractivity contribution in [1.29, 1.82) is 0 Å². The summed E-state index contributed by atoms with van der Waals surface area (Å²) in [5.41, 5.74) is 4.81. The van der Waals surface area contributed by atoms with Crippen molar-refractivity contribution in [3.05, 3.63) is 53.0 Å². The van der Waals surface area contributed by atoms with E-state index in [0.29, 0.717) is 19.7 Å². The Kier molecular flexibility index (Phi) is 7.35. The number of hydrazone groups is 1. The molecule has 1 aliphatic heterocycles. The third-order valence-electron chi connectivity index (χ3n) is 4.60. The van der Waals surface area contributed by atoms with E-state index < -0.39 is 5.97 Å². The molecule has 154 valence electrons. The Morgan fingerprint density at radius 2 is 1.79 bits per heavy atom. The number of hydrogen-bond acceptors (Lipinski definition) is 6. The number of nitrogens with one attached hydrogen (secondary N) is 1. The first kappa shape index (κ1) is 21.0. The zero-order valence-corrected chi connectivity index (χ0v) is 18.2. The van der Waals surface area contributed by atoms with Gasteiger partial charge in [-0.15, -0.1) is 5.10 Å². The number of hydrogen-bond donors (Lipinski definition) is 1. The number of ether oxygens (including phenoxy) is 2. The molecule has 1 saturated heterocycles. The predicted octanol–water partition coefficient (Wildman–Crippen LogP) is 3.57. The summed E-state index contributed by atoms with van der Waals surface area (Å²) in [5.74, 6) is 0.703. The molecular formula is C21H25BrN4O3. The van der Waals surface area contributed by atoms with E-state index in [1.807, 2.05) is 53.4 Å². The molecule has 0 spiro atoms. The molecule has 7 nitrogen and oxygen atoms in total. The summed E-state index contributed by atoms with van der Waals surface area (Å²) in [6.45, 7) is 4.89. The van der Waals surface area contributed by atoms with Crippen LogP contribution in [0.15, 0.2) is 58.1 Å². The Balaban J connectivity index is 1.71. The monoisotopic (exact) mass is 460 g/mol. The van der Waals surface area contributed by atoms with Crippen molar-refractivity contribution in [2.75, 3.05) is 50.2 Å². The van der Waals surface area contributed by atoms with Gasteiger partial charge in [-0.2, -0.15) is 0 Å². The topological polar surface area (TPSA) is 66.4 Å². The minimum atomic E-state index is -0.428. The van der Waals surface area contributed by atoms with Crippen LogP contribution in [-0.4, -0.2) is 56.6 Å². The van der Waals surface area contributed by atoms with Gasteiger partial charge in [0.05, 0.1) is 25.1 Å². The van der Waals surface area contributed by atoms with E-state index in [1.165, 1.54) is 0 Å². The van der Waals surface area contributed by atoms with Gasteiger partial charge in [0.1, 0.15) is 5.75 Å². The molecule has 1 heterocycles. The number of piperazine rings is 1. The summed E-state index contributed by atoms with van der Waals surface area (Å²) >= 11 is 3.41. The van der Waals surface area contributed by atoms with E-state index in [0.717, 1.165) is 34.7 Å². The summed E-state index contributed by atoms with van der Waals surface area (Å²) in [6, 6.07) is 15.5. The second kappa shape index (κ2) is 10.2. The van der Waals surface area contributed by atoms with E-state index in [9.17, 15) is 4.79 Å². The molecular weight excluding hydrogens is 436 g/mol. The molecule has 2 aromatic carbocycles. The number of carbonyl (C=O) groups is 1. The molecule has 1 fully saturated rings. The van der Waals surface area contributed by atoms with Gasteiger partial charge in [0, 0.05) is 30.7 Å². The smallest absolute Gasteiger partial charge is 0.375 e. The second-order valence-corrected chi connectivity index (χ2v) is 7.34. The Morgan fingerprint density at radius 1 is 1.10 bits per heavy atom. The number of methoxy groups -OCH3 is 1. The zero-order valence-electron chi connectivity index (χ0n) is 16.6. The lowest BCUT2D eigenvalue weighted by molar-refractivity contribution is -0.135. The lowest BCUT2D eigenvalue weighted by Crippen LogP contribution is -2.51. The molecule has 2 aromatic rings. The fraction of sp³-hybridized carbons (Fsp3) is 0.333. The van der Waals surface area contributed by atoms with E-state index >= 15 is 0 Å². The second-order valence-electron chi connectivity index (χ2n) is 6.42. The Labute approximate surface area is 179 Å². The SMILES string of the molecule is CCOC(=O)/C(=N/Nc1ccc(Br)cc1)N1CCN(c2ccccc2OC)CC1. The number of benzene rings is 2. The summed E-state index contributed by atoms with van der Waals surface area (Å²) in [4.78, 5) is 16.7. The maximum atomic E-state index is 12.5. The lowest BCUT2D eigenvalue weighted by Gasteiger charge is -2.37. The minimum Gasteiger partial charge on any atom is -0.495 e. The van der Waals surface area contributed by atoms with Crippen molar-refractivity contribution >= 4 is 39.1 Å². The number of amidine groups is 1. The molecule has 29 heavy (non-hydrogen) atoms. The number of anilines is 2. The maximum absolute atomic E-state index is 12.5. The third-order valence-corrected chi connectivity index (χ3v) is 5.13. The highest BCUT2D eigenvalue weighted by Crippen LogP contribution is 2.28. The van der Waals surface area contributed by atoms with Gasteiger partial charge in [-0.25, -0.2) is 4.79 Å². The van der Waals surface area contributed by atoms with Crippen LogP contribution in [0.4, 0.5) is 11.4 Å². The van der Waals surface area contributed by atoms with Crippen molar-refractivity contribution in [2.45, 2.75) is 6.92 Å². The van der Waals surface area contributed by atoms with Crippen LogP contribution < -0.4 is 15.1 Å². The van der Waals surface area contributed by atoms with E-state index in [-0.39, 0.29) is 5.84 Å². The van der Waals surface area contributed by atoms with Gasteiger partial charge < -0.3 is 19.3 Å². The van der Waals surface area contributed by atoms with Crippen LogP contribution in [0.1, 0.15) is 6.92 Å². The van der Waals surface area contributed by atoms with E-state index in [4.69, 9.17) is 9.47 Å². The molecule has 0 aliphatic carbocycles. The fourth-order valence-electron chi connectivity index (χ4n) is 3.13. The molecule has 1 aliphatic rings. The minimum absolute atomic E-state index is 0.287. The van der Waals surface area contributed by atoms with Crippen LogP contribution in [0.5, 0.6) is 5.75 Å². The van der Waals surface area contributed by atoms with Crippen LogP contribution in [0.2, 0.25) is 0 Å². The molecule has 1 N–H and O–H groups in total. The quantitative estimate of drug-likeness (QED) is 0.318. The number of carbonyl (C=O) groups excluding carboxylic acids is 1. The highest BCUT2D eigenvalue weighted by Gasteiger charge is 2.26.